The van der Waals surface area contributed by atoms with Crippen LogP contribution in [-0.4, -0.2) is 24.6 Å². The predicted octanol–water partition coefficient (Wildman–Crippen LogP) is 4.23. The molecule has 1 atom stereocenters. The Morgan fingerprint density at radius 3 is 2.56 bits per heavy atom. The van der Waals surface area contributed by atoms with Crippen molar-refractivity contribution < 1.29 is 19.1 Å². The molecule has 2 aromatic carbocycles. The molecule has 0 aromatic heterocycles. The fraction of sp³-hybridized carbons (Fsp3) is 0.263. The molecule has 0 bridgehead atoms. The first-order chi connectivity index (χ1) is 11.9. The van der Waals surface area contributed by atoms with E-state index in [9.17, 15) is 9.59 Å². The Hall–Kier alpha value is -2.53. The minimum atomic E-state index is -0.759. The maximum Gasteiger partial charge on any atom is 0.338 e. The highest BCUT2D eigenvalue weighted by Gasteiger charge is 2.19. The van der Waals surface area contributed by atoms with Gasteiger partial charge in [-0.05, 0) is 50.6 Å². The molecule has 2 aromatic rings. The molecular formula is C19H20ClNO4. The van der Waals surface area contributed by atoms with E-state index in [1.54, 1.807) is 63.2 Å². The molecule has 1 N–H and O–H groups in total. The van der Waals surface area contributed by atoms with E-state index < -0.39 is 12.1 Å². The topological polar surface area (TPSA) is 64.6 Å². The van der Waals surface area contributed by atoms with Gasteiger partial charge >= 0.3 is 5.97 Å². The fourth-order valence-electron chi connectivity index (χ4n) is 2.22. The summed E-state index contributed by atoms with van der Waals surface area (Å²) in [4.78, 5) is 24.3. The van der Waals surface area contributed by atoms with Crippen molar-refractivity contribution in [2.24, 2.45) is 0 Å². The average molecular weight is 362 g/mol. The molecule has 132 valence electrons. The monoisotopic (exact) mass is 361 g/mol. The minimum absolute atomic E-state index is 0.289. The molecule has 1 amide bonds. The number of rotatable bonds is 6. The van der Waals surface area contributed by atoms with Crippen molar-refractivity contribution in [2.75, 3.05) is 11.9 Å². The summed E-state index contributed by atoms with van der Waals surface area (Å²) < 4.78 is 10.6. The number of nitrogens with one attached hydrogen (secondary N) is 1. The standard InChI is InChI=1S/C19H20ClNO4/c1-4-24-19(23)14-8-7-10-16(12(14)2)21-18(22)13(3)25-17-11-6-5-9-15(17)20/h5-11,13H,4H2,1-3H3,(H,21,22)/t13-/m0/s1. The zero-order valence-corrected chi connectivity index (χ0v) is 15.1. The number of carbonyl (C=O) groups excluding carboxylic acids is 2. The maximum atomic E-state index is 12.4. The molecule has 6 heteroatoms. The van der Waals surface area contributed by atoms with Crippen molar-refractivity contribution in [2.45, 2.75) is 26.9 Å². The number of benzene rings is 2. The van der Waals surface area contributed by atoms with Crippen LogP contribution < -0.4 is 10.1 Å². The van der Waals surface area contributed by atoms with E-state index in [4.69, 9.17) is 21.1 Å². The summed E-state index contributed by atoms with van der Waals surface area (Å²) in [6.45, 7) is 5.41. The summed E-state index contributed by atoms with van der Waals surface area (Å²) in [7, 11) is 0. The first kappa shape index (κ1) is 18.8. The Kier molecular flexibility index (Phi) is 6.42. The number of esters is 1. The maximum absolute atomic E-state index is 12.4. The SMILES string of the molecule is CCOC(=O)c1cccc(NC(=O)[C@H](C)Oc2ccccc2Cl)c1C. The first-order valence-electron chi connectivity index (χ1n) is 7.92. The lowest BCUT2D eigenvalue weighted by atomic mass is 10.1. The highest BCUT2D eigenvalue weighted by molar-refractivity contribution is 6.32. The van der Waals surface area contributed by atoms with Gasteiger partial charge in [-0.3, -0.25) is 4.79 Å². The number of hydrogen-bond acceptors (Lipinski definition) is 4. The molecular weight excluding hydrogens is 342 g/mol. The summed E-state index contributed by atoms with van der Waals surface area (Å²) in [6.07, 6.45) is -0.759. The van der Waals surface area contributed by atoms with Gasteiger partial charge in [0.25, 0.3) is 5.91 Å². The van der Waals surface area contributed by atoms with Crippen molar-refractivity contribution in [1.82, 2.24) is 0 Å². The molecule has 0 spiro atoms. The Morgan fingerprint density at radius 2 is 1.88 bits per heavy atom. The summed E-state index contributed by atoms with van der Waals surface area (Å²) in [5, 5.41) is 3.21. The molecule has 5 nitrogen and oxygen atoms in total. The van der Waals surface area contributed by atoms with Gasteiger partial charge < -0.3 is 14.8 Å². The molecule has 0 fully saturated rings. The van der Waals surface area contributed by atoms with Gasteiger partial charge in [0, 0.05) is 5.69 Å². The van der Waals surface area contributed by atoms with Crippen LogP contribution in [0.25, 0.3) is 0 Å². The van der Waals surface area contributed by atoms with Crippen molar-refractivity contribution in [3.8, 4) is 5.75 Å². The molecule has 0 saturated carbocycles. The predicted molar refractivity (Wildman–Crippen MR) is 97.3 cm³/mol. The number of carbonyl (C=O) groups is 2. The molecule has 0 aliphatic rings. The normalized spacial score (nSPS) is 11.5. The van der Waals surface area contributed by atoms with E-state index in [0.29, 0.717) is 27.6 Å². The van der Waals surface area contributed by atoms with Crippen LogP contribution in [0.5, 0.6) is 5.75 Å². The smallest absolute Gasteiger partial charge is 0.338 e. The molecule has 0 radical (unpaired) electrons. The zero-order chi connectivity index (χ0) is 18.4. The first-order valence-corrected chi connectivity index (χ1v) is 8.30. The third-order valence-corrected chi connectivity index (χ3v) is 3.91. The second-order valence-corrected chi connectivity index (χ2v) is 5.79. The van der Waals surface area contributed by atoms with E-state index in [1.807, 2.05) is 0 Å². The van der Waals surface area contributed by atoms with Crippen LogP contribution in [0.3, 0.4) is 0 Å². The number of hydrogen-bond donors (Lipinski definition) is 1. The molecule has 0 aliphatic heterocycles. The quantitative estimate of drug-likeness (QED) is 0.782. The van der Waals surface area contributed by atoms with Gasteiger partial charge in [-0.2, -0.15) is 0 Å². The Labute approximate surface area is 151 Å². The van der Waals surface area contributed by atoms with Crippen molar-refractivity contribution in [3.05, 3.63) is 58.6 Å². The van der Waals surface area contributed by atoms with Crippen LogP contribution in [0.1, 0.15) is 29.8 Å². The molecule has 25 heavy (non-hydrogen) atoms. The lowest BCUT2D eigenvalue weighted by Gasteiger charge is -2.17. The third kappa shape index (κ3) is 4.73. The van der Waals surface area contributed by atoms with Crippen LogP contribution in [0, 0.1) is 6.92 Å². The molecule has 0 aliphatic carbocycles. The molecule has 0 unspecified atom stereocenters. The zero-order valence-electron chi connectivity index (χ0n) is 14.3. The second-order valence-electron chi connectivity index (χ2n) is 5.38. The van der Waals surface area contributed by atoms with Crippen LogP contribution in [0.15, 0.2) is 42.5 Å². The lowest BCUT2D eigenvalue weighted by molar-refractivity contribution is -0.122. The largest absolute Gasteiger partial charge is 0.479 e. The molecule has 2 rings (SSSR count). The third-order valence-electron chi connectivity index (χ3n) is 3.60. The van der Waals surface area contributed by atoms with Gasteiger partial charge in [-0.25, -0.2) is 4.79 Å². The Morgan fingerprint density at radius 1 is 1.16 bits per heavy atom. The Balaban J connectivity index is 2.11. The summed E-state index contributed by atoms with van der Waals surface area (Å²) in [6, 6.07) is 12.0. The minimum Gasteiger partial charge on any atom is -0.479 e. The number of ether oxygens (including phenoxy) is 2. The number of anilines is 1. The van der Waals surface area contributed by atoms with E-state index in [2.05, 4.69) is 5.32 Å². The van der Waals surface area contributed by atoms with Gasteiger partial charge in [-0.15, -0.1) is 0 Å². The average Bonchev–Trinajstić information content (AvgIpc) is 2.58. The van der Waals surface area contributed by atoms with Crippen LogP contribution >= 0.6 is 11.6 Å². The number of para-hydroxylation sites is 1. The van der Waals surface area contributed by atoms with Crippen molar-refractivity contribution in [3.63, 3.8) is 0 Å². The number of amides is 1. The van der Waals surface area contributed by atoms with Gasteiger partial charge in [0.15, 0.2) is 6.10 Å². The fourth-order valence-corrected chi connectivity index (χ4v) is 2.40. The lowest BCUT2D eigenvalue weighted by Crippen LogP contribution is -2.30. The van der Waals surface area contributed by atoms with Gasteiger partial charge in [0.1, 0.15) is 5.75 Å². The summed E-state index contributed by atoms with van der Waals surface area (Å²) in [5.41, 5.74) is 1.59. The summed E-state index contributed by atoms with van der Waals surface area (Å²) >= 11 is 6.04. The highest BCUT2D eigenvalue weighted by atomic mass is 35.5. The second kappa shape index (κ2) is 8.53. The van der Waals surface area contributed by atoms with Crippen LogP contribution in [0.2, 0.25) is 5.02 Å². The van der Waals surface area contributed by atoms with E-state index in [-0.39, 0.29) is 12.5 Å². The summed E-state index contributed by atoms with van der Waals surface area (Å²) in [5.74, 6) is -0.329. The number of halogens is 1. The highest BCUT2D eigenvalue weighted by Crippen LogP contribution is 2.25. The van der Waals surface area contributed by atoms with Gasteiger partial charge in [-0.1, -0.05) is 29.8 Å². The van der Waals surface area contributed by atoms with Gasteiger partial charge in [0.05, 0.1) is 17.2 Å². The van der Waals surface area contributed by atoms with E-state index >= 15 is 0 Å². The van der Waals surface area contributed by atoms with Crippen molar-refractivity contribution >= 4 is 29.2 Å². The van der Waals surface area contributed by atoms with Crippen LogP contribution in [-0.2, 0) is 9.53 Å². The Bertz CT molecular complexity index is 776. The van der Waals surface area contributed by atoms with Crippen LogP contribution in [0.4, 0.5) is 5.69 Å². The van der Waals surface area contributed by atoms with E-state index in [1.165, 1.54) is 0 Å². The molecule has 0 heterocycles. The van der Waals surface area contributed by atoms with E-state index in [0.717, 1.165) is 0 Å². The molecule has 0 saturated heterocycles. The van der Waals surface area contributed by atoms with Crippen molar-refractivity contribution in [1.29, 1.82) is 0 Å². The van der Waals surface area contributed by atoms with Gasteiger partial charge in [0.2, 0.25) is 0 Å².